The Labute approximate surface area is 102 Å². The first-order valence-corrected chi connectivity index (χ1v) is 6.13. The van der Waals surface area contributed by atoms with Crippen molar-refractivity contribution in [1.82, 2.24) is 5.32 Å². The molecule has 0 unspecified atom stereocenters. The van der Waals surface area contributed by atoms with Gasteiger partial charge < -0.3 is 10.4 Å². The van der Waals surface area contributed by atoms with Crippen LogP contribution < -0.4 is 5.32 Å². The van der Waals surface area contributed by atoms with Gasteiger partial charge in [0.25, 0.3) is 5.91 Å². The Hall–Kier alpha value is -1.51. The van der Waals surface area contributed by atoms with Gasteiger partial charge in [0.05, 0.1) is 0 Å². The number of phenols is 1. The molecule has 0 radical (unpaired) electrons. The lowest BCUT2D eigenvalue weighted by atomic mass is 9.99. The third-order valence-corrected chi connectivity index (χ3v) is 3.67. The summed E-state index contributed by atoms with van der Waals surface area (Å²) in [7, 11) is 0. The number of amides is 1. The minimum atomic E-state index is -0.0807. The second-order valence-electron chi connectivity index (χ2n) is 5.17. The minimum absolute atomic E-state index is 0.0744. The smallest absolute Gasteiger partial charge is 0.252 e. The first-order valence-electron chi connectivity index (χ1n) is 6.13. The average Bonchev–Trinajstić information content (AvgIpc) is 2.68. The van der Waals surface area contributed by atoms with Gasteiger partial charge in [0.2, 0.25) is 0 Å². The molecule has 17 heavy (non-hydrogen) atoms. The van der Waals surface area contributed by atoms with E-state index in [1.165, 1.54) is 12.8 Å². The zero-order chi connectivity index (χ0) is 12.5. The van der Waals surface area contributed by atoms with Crippen LogP contribution in [0.15, 0.2) is 18.2 Å². The van der Waals surface area contributed by atoms with Crippen LogP contribution in [0.3, 0.4) is 0 Å². The number of hydrogen-bond donors (Lipinski definition) is 2. The molecule has 1 aromatic rings. The zero-order valence-electron chi connectivity index (χ0n) is 10.4. The summed E-state index contributed by atoms with van der Waals surface area (Å²) < 4.78 is 0. The van der Waals surface area contributed by atoms with Crippen LogP contribution in [0.25, 0.3) is 0 Å². The fourth-order valence-corrected chi connectivity index (χ4v) is 2.49. The number of aromatic hydroxyl groups is 1. The summed E-state index contributed by atoms with van der Waals surface area (Å²) in [5.41, 5.74) is 1.14. The number of carbonyl (C=O) groups is 1. The second kappa shape index (κ2) is 4.40. The molecule has 0 bridgehead atoms. The molecule has 3 nitrogen and oxygen atoms in total. The van der Waals surface area contributed by atoms with Crippen LogP contribution in [0.1, 0.15) is 48.5 Å². The van der Waals surface area contributed by atoms with Crippen molar-refractivity contribution in [3.8, 4) is 5.75 Å². The van der Waals surface area contributed by atoms with Crippen LogP contribution in [-0.4, -0.2) is 16.6 Å². The SMILES string of the molecule is Cc1c(O)cccc1C(=O)NC1(C)CCCC1. The molecule has 1 amide bonds. The number of phenolic OH excluding ortho intramolecular Hbond substituents is 1. The van der Waals surface area contributed by atoms with Crippen LogP contribution >= 0.6 is 0 Å². The van der Waals surface area contributed by atoms with Crippen molar-refractivity contribution in [2.75, 3.05) is 0 Å². The lowest BCUT2D eigenvalue weighted by Crippen LogP contribution is -2.43. The number of carbonyl (C=O) groups excluding carboxylic acids is 1. The molecule has 2 rings (SSSR count). The van der Waals surface area contributed by atoms with Crippen molar-refractivity contribution in [2.45, 2.75) is 45.1 Å². The molecule has 1 aliphatic carbocycles. The van der Waals surface area contributed by atoms with Crippen molar-refractivity contribution in [3.05, 3.63) is 29.3 Å². The highest BCUT2D eigenvalue weighted by molar-refractivity contribution is 5.96. The Morgan fingerprint density at radius 2 is 2.00 bits per heavy atom. The molecular formula is C14H19NO2. The van der Waals surface area contributed by atoms with Gasteiger partial charge in [-0.3, -0.25) is 4.79 Å². The summed E-state index contributed by atoms with van der Waals surface area (Å²) in [4.78, 5) is 12.2. The third-order valence-electron chi connectivity index (χ3n) is 3.67. The average molecular weight is 233 g/mol. The molecule has 1 fully saturated rings. The predicted octanol–water partition coefficient (Wildman–Crippen LogP) is 2.76. The van der Waals surface area contributed by atoms with Crippen LogP contribution in [-0.2, 0) is 0 Å². The van der Waals surface area contributed by atoms with E-state index in [4.69, 9.17) is 0 Å². The van der Waals surface area contributed by atoms with E-state index in [0.29, 0.717) is 11.1 Å². The summed E-state index contributed by atoms with van der Waals surface area (Å²) in [5, 5.41) is 12.7. The highest BCUT2D eigenvalue weighted by Gasteiger charge is 2.30. The molecule has 1 aromatic carbocycles. The number of nitrogens with one attached hydrogen (secondary N) is 1. The quantitative estimate of drug-likeness (QED) is 0.825. The van der Waals surface area contributed by atoms with Crippen molar-refractivity contribution in [1.29, 1.82) is 0 Å². The van der Waals surface area contributed by atoms with E-state index in [2.05, 4.69) is 12.2 Å². The van der Waals surface area contributed by atoms with Crippen molar-refractivity contribution < 1.29 is 9.90 Å². The minimum Gasteiger partial charge on any atom is -0.508 e. The highest BCUT2D eigenvalue weighted by atomic mass is 16.3. The lowest BCUT2D eigenvalue weighted by molar-refractivity contribution is 0.0907. The Morgan fingerprint density at radius 3 is 2.65 bits per heavy atom. The topological polar surface area (TPSA) is 49.3 Å². The molecule has 92 valence electrons. The van der Waals surface area contributed by atoms with Crippen LogP contribution in [0.5, 0.6) is 5.75 Å². The van der Waals surface area contributed by atoms with E-state index in [9.17, 15) is 9.90 Å². The van der Waals surface area contributed by atoms with Crippen molar-refractivity contribution in [3.63, 3.8) is 0 Å². The maximum absolute atomic E-state index is 12.2. The van der Waals surface area contributed by atoms with E-state index in [1.54, 1.807) is 25.1 Å². The third kappa shape index (κ3) is 2.43. The van der Waals surface area contributed by atoms with E-state index in [1.807, 2.05) is 0 Å². The van der Waals surface area contributed by atoms with Crippen molar-refractivity contribution >= 4 is 5.91 Å². The van der Waals surface area contributed by atoms with Gasteiger partial charge in [-0.05, 0) is 38.8 Å². The first kappa shape index (κ1) is 12.0. The van der Waals surface area contributed by atoms with Gasteiger partial charge >= 0.3 is 0 Å². The second-order valence-corrected chi connectivity index (χ2v) is 5.17. The predicted molar refractivity (Wildman–Crippen MR) is 67.2 cm³/mol. The Kier molecular flexibility index (Phi) is 3.09. The summed E-state index contributed by atoms with van der Waals surface area (Å²) in [5.74, 6) is 0.0945. The molecule has 1 saturated carbocycles. The van der Waals surface area contributed by atoms with Crippen LogP contribution in [0.2, 0.25) is 0 Å². The van der Waals surface area contributed by atoms with Gasteiger partial charge in [-0.15, -0.1) is 0 Å². The van der Waals surface area contributed by atoms with E-state index in [-0.39, 0.29) is 17.2 Å². The monoisotopic (exact) mass is 233 g/mol. The Morgan fingerprint density at radius 1 is 1.35 bits per heavy atom. The lowest BCUT2D eigenvalue weighted by Gasteiger charge is -2.25. The normalized spacial score (nSPS) is 18.0. The van der Waals surface area contributed by atoms with Crippen LogP contribution in [0.4, 0.5) is 0 Å². The fraction of sp³-hybridized carbons (Fsp3) is 0.500. The molecule has 0 aliphatic heterocycles. The molecular weight excluding hydrogens is 214 g/mol. The summed E-state index contributed by atoms with van der Waals surface area (Å²) in [6.45, 7) is 3.86. The maximum Gasteiger partial charge on any atom is 0.252 e. The maximum atomic E-state index is 12.2. The Bertz CT molecular complexity index is 434. The van der Waals surface area contributed by atoms with Crippen LogP contribution in [0, 0.1) is 6.92 Å². The summed E-state index contributed by atoms with van der Waals surface area (Å²) >= 11 is 0. The summed E-state index contributed by atoms with van der Waals surface area (Å²) in [6, 6.07) is 5.06. The molecule has 0 spiro atoms. The molecule has 0 aromatic heterocycles. The molecule has 0 saturated heterocycles. The first-order chi connectivity index (χ1) is 8.02. The molecule has 3 heteroatoms. The van der Waals surface area contributed by atoms with E-state index < -0.39 is 0 Å². The molecule has 0 heterocycles. The largest absolute Gasteiger partial charge is 0.508 e. The van der Waals surface area contributed by atoms with Gasteiger partial charge in [-0.1, -0.05) is 18.9 Å². The molecule has 0 atom stereocenters. The highest BCUT2D eigenvalue weighted by Crippen LogP contribution is 2.29. The number of hydrogen-bond acceptors (Lipinski definition) is 2. The van der Waals surface area contributed by atoms with E-state index >= 15 is 0 Å². The standard InChI is InChI=1S/C14H19NO2/c1-10-11(6-5-7-12(10)16)13(17)15-14(2)8-3-4-9-14/h5-7,16H,3-4,8-9H2,1-2H3,(H,15,17). The van der Waals surface area contributed by atoms with E-state index in [0.717, 1.165) is 12.8 Å². The van der Waals surface area contributed by atoms with Gasteiger partial charge in [0.1, 0.15) is 5.75 Å². The van der Waals surface area contributed by atoms with Gasteiger partial charge in [-0.2, -0.15) is 0 Å². The number of benzene rings is 1. The summed E-state index contributed by atoms with van der Waals surface area (Å²) in [6.07, 6.45) is 4.43. The van der Waals surface area contributed by atoms with Gasteiger partial charge in [0, 0.05) is 16.7 Å². The molecule has 2 N–H and O–H groups in total. The molecule has 1 aliphatic rings. The van der Waals surface area contributed by atoms with Gasteiger partial charge in [0.15, 0.2) is 0 Å². The number of rotatable bonds is 2. The Balaban J connectivity index is 2.17. The fourth-order valence-electron chi connectivity index (χ4n) is 2.49. The zero-order valence-corrected chi connectivity index (χ0v) is 10.4. The van der Waals surface area contributed by atoms with Gasteiger partial charge in [-0.25, -0.2) is 0 Å². The van der Waals surface area contributed by atoms with Crippen molar-refractivity contribution in [2.24, 2.45) is 0 Å².